The first kappa shape index (κ1) is 18.1. The molecule has 1 aromatic rings. The number of hydrogen-bond acceptors (Lipinski definition) is 4. The lowest BCUT2D eigenvalue weighted by atomic mass is 9.95. The lowest BCUT2D eigenvalue weighted by Gasteiger charge is -2.38. The quantitative estimate of drug-likeness (QED) is 0.809. The van der Waals surface area contributed by atoms with Crippen LogP contribution in [-0.4, -0.2) is 25.3 Å². The number of rotatable bonds is 6. The van der Waals surface area contributed by atoms with Crippen LogP contribution in [0.25, 0.3) is 0 Å². The monoisotopic (exact) mass is 312 g/mol. The van der Waals surface area contributed by atoms with E-state index >= 15 is 0 Å². The van der Waals surface area contributed by atoms with Crippen LogP contribution in [0.2, 0.25) is 18.1 Å². The highest BCUT2D eigenvalue weighted by molar-refractivity contribution is 6.74. The molecule has 0 unspecified atom stereocenters. The van der Waals surface area contributed by atoms with Crippen molar-refractivity contribution in [2.75, 3.05) is 0 Å². The van der Waals surface area contributed by atoms with Crippen LogP contribution in [0.5, 0.6) is 0 Å². The Morgan fingerprint density at radius 2 is 1.90 bits per heavy atom. The number of ketones is 1. The van der Waals surface area contributed by atoms with Gasteiger partial charge in [-0.3, -0.25) is 4.79 Å². The number of hydrogen-bond donors (Lipinski definition) is 1. The fourth-order valence-electron chi connectivity index (χ4n) is 1.91. The van der Waals surface area contributed by atoms with Crippen molar-refractivity contribution in [1.29, 1.82) is 0 Å². The molecule has 4 nitrogen and oxygen atoms in total. The van der Waals surface area contributed by atoms with E-state index in [0.717, 1.165) is 0 Å². The molecule has 0 aliphatic rings. The third-order valence-electron chi connectivity index (χ3n) is 4.44. The van der Waals surface area contributed by atoms with Crippen molar-refractivity contribution in [2.24, 2.45) is 5.92 Å². The summed E-state index contributed by atoms with van der Waals surface area (Å²) in [6.45, 7) is 14.1. The van der Waals surface area contributed by atoms with Crippen LogP contribution in [0.3, 0.4) is 0 Å². The SMILES string of the molecule is C[C@H](O[Si](C)(C)C(C)(C)C)C(=O)[C@H](C)[C@@H](O)c1ccco1. The first-order valence-electron chi connectivity index (χ1n) is 7.40. The Kier molecular flexibility index (Phi) is 5.58. The highest BCUT2D eigenvalue weighted by Crippen LogP contribution is 2.38. The van der Waals surface area contributed by atoms with Crippen LogP contribution in [0.4, 0.5) is 0 Å². The molecule has 1 N–H and O–H groups in total. The molecule has 1 rings (SSSR count). The molecule has 0 aromatic carbocycles. The van der Waals surface area contributed by atoms with E-state index in [0.29, 0.717) is 5.76 Å². The van der Waals surface area contributed by atoms with Crippen LogP contribution < -0.4 is 0 Å². The average molecular weight is 312 g/mol. The standard InChI is InChI=1S/C16H28O4Si/c1-11(15(18)13-9-8-10-19-13)14(17)12(2)20-21(6,7)16(3,4)5/h8-12,15,18H,1-7H3/t11-,12-,15+/m0/s1. The Bertz CT molecular complexity index is 459. The van der Waals surface area contributed by atoms with E-state index in [1.54, 1.807) is 26.0 Å². The topological polar surface area (TPSA) is 59.7 Å². The van der Waals surface area contributed by atoms with Crippen molar-refractivity contribution in [3.63, 3.8) is 0 Å². The minimum absolute atomic E-state index is 0.0460. The summed E-state index contributed by atoms with van der Waals surface area (Å²) >= 11 is 0. The van der Waals surface area contributed by atoms with E-state index < -0.39 is 26.4 Å². The van der Waals surface area contributed by atoms with Gasteiger partial charge in [0.05, 0.1) is 12.2 Å². The van der Waals surface area contributed by atoms with E-state index in [1.165, 1.54) is 6.26 Å². The van der Waals surface area contributed by atoms with Gasteiger partial charge < -0.3 is 13.9 Å². The second-order valence-corrected chi connectivity index (χ2v) is 11.9. The van der Waals surface area contributed by atoms with Crippen LogP contribution in [-0.2, 0) is 9.22 Å². The first-order valence-corrected chi connectivity index (χ1v) is 10.3. The molecule has 0 aliphatic carbocycles. The molecule has 3 atom stereocenters. The molecule has 0 bridgehead atoms. The summed E-state index contributed by atoms with van der Waals surface area (Å²) in [7, 11) is -2.00. The van der Waals surface area contributed by atoms with Gasteiger partial charge in [-0.2, -0.15) is 0 Å². The van der Waals surface area contributed by atoms with Crippen LogP contribution in [0.1, 0.15) is 46.5 Å². The second kappa shape index (κ2) is 6.46. The number of Topliss-reactive ketones (excluding diaryl/α,β-unsaturated/α-hetero) is 1. The van der Waals surface area contributed by atoms with Gasteiger partial charge in [-0.05, 0) is 37.2 Å². The van der Waals surface area contributed by atoms with Crippen molar-refractivity contribution in [3.05, 3.63) is 24.2 Å². The fraction of sp³-hybridized carbons (Fsp3) is 0.688. The zero-order valence-corrected chi connectivity index (χ0v) is 15.1. The molecule has 0 fully saturated rings. The molecule has 1 aromatic heterocycles. The van der Waals surface area contributed by atoms with E-state index in [9.17, 15) is 9.90 Å². The molecule has 1 heterocycles. The van der Waals surface area contributed by atoms with Gasteiger partial charge in [-0.15, -0.1) is 0 Å². The van der Waals surface area contributed by atoms with Crippen LogP contribution in [0, 0.1) is 5.92 Å². The summed E-state index contributed by atoms with van der Waals surface area (Å²) in [6, 6.07) is 3.37. The molecule has 0 radical (unpaired) electrons. The van der Waals surface area contributed by atoms with Gasteiger partial charge in [0.2, 0.25) is 0 Å². The first-order chi connectivity index (χ1) is 9.47. The normalized spacial score (nSPS) is 17.3. The Hall–Kier alpha value is -0.913. The summed E-state index contributed by atoms with van der Waals surface area (Å²) in [5, 5.41) is 10.2. The fourth-order valence-corrected chi connectivity index (χ4v) is 3.26. The summed E-state index contributed by atoms with van der Waals surface area (Å²) in [5.74, 6) is -0.241. The van der Waals surface area contributed by atoms with Crippen molar-refractivity contribution in [3.8, 4) is 0 Å². The summed E-state index contributed by atoms with van der Waals surface area (Å²) in [6.07, 6.45) is 0.0363. The summed E-state index contributed by atoms with van der Waals surface area (Å²) < 4.78 is 11.3. The molecule has 0 saturated heterocycles. The third kappa shape index (κ3) is 4.28. The maximum Gasteiger partial charge on any atom is 0.193 e. The largest absolute Gasteiger partial charge is 0.467 e. The highest BCUT2D eigenvalue weighted by Gasteiger charge is 2.40. The zero-order valence-electron chi connectivity index (χ0n) is 14.1. The summed E-state index contributed by atoms with van der Waals surface area (Å²) in [4.78, 5) is 12.5. The Labute approximate surface area is 128 Å². The van der Waals surface area contributed by atoms with Crippen molar-refractivity contribution < 1.29 is 18.7 Å². The van der Waals surface area contributed by atoms with Gasteiger partial charge in [0.1, 0.15) is 18.0 Å². The molecule has 120 valence electrons. The van der Waals surface area contributed by atoms with Gasteiger partial charge in [-0.1, -0.05) is 27.7 Å². The maximum absolute atomic E-state index is 12.5. The molecule has 5 heteroatoms. The molecular weight excluding hydrogens is 284 g/mol. The highest BCUT2D eigenvalue weighted by atomic mass is 28.4. The van der Waals surface area contributed by atoms with Gasteiger partial charge in [0.25, 0.3) is 0 Å². The predicted octanol–water partition coefficient (Wildman–Crippen LogP) is 3.93. The number of carbonyl (C=O) groups is 1. The molecule has 21 heavy (non-hydrogen) atoms. The molecule has 0 amide bonds. The minimum atomic E-state index is -2.00. The Balaban J connectivity index is 2.74. The van der Waals surface area contributed by atoms with Crippen LogP contribution >= 0.6 is 0 Å². The molecular formula is C16H28O4Si. The van der Waals surface area contributed by atoms with Gasteiger partial charge in [0, 0.05) is 0 Å². The number of aliphatic hydroxyl groups excluding tert-OH is 1. The van der Waals surface area contributed by atoms with Gasteiger partial charge in [0.15, 0.2) is 14.1 Å². The molecule has 0 spiro atoms. The van der Waals surface area contributed by atoms with Crippen molar-refractivity contribution in [1.82, 2.24) is 0 Å². The number of carbonyl (C=O) groups excluding carboxylic acids is 1. The Morgan fingerprint density at radius 3 is 2.33 bits per heavy atom. The Morgan fingerprint density at radius 1 is 1.33 bits per heavy atom. The second-order valence-electron chi connectivity index (χ2n) is 7.17. The predicted molar refractivity (Wildman–Crippen MR) is 85.6 cm³/mol. The maximum atomic E-state index is 12.5. The number of aliphatic hydroxyl groups is 1. The van der Waals surface area contributed by atoms with E-state index in [2.05, 4.69) is 33.9 Å². The lowest BCUT2D eigenvalue weighted by Crippen LogP contribution is -2.46. The molecule has 0 saturated carbocycles. The lowest BCUT2D eigenvalue weighted by molar-refractivity contribution is -0.133. The number of furan rings is 1. The van der Waals surface area contributed by atoms with Crippen LogP contribution in [0.15, 0.2) is 22.8 Å². The van der Waals surface area contributed by atoms with E-state index in [-0.39, 0.29) is 10.8 Å². The smallest absolute Gasteiger partial charge is 0.193 e. The average Bonchev–Trinajstić information content (AvgIpc) is 2.87. The molecule has 0 aliphatic heterocycles. The van der Waals surface area contributed by atoms with Gasteiger partial charge >= 0.3 is 0 Å². The van der Waals surface area contributed by atoms with Crippen molar-refractivity contribution in [2.45, 2.75) is 65.0 Å². The van der Waals surface area contributed by atoms with Crippen molar-refractivity contribution >= 4 is 14.1 Å². The summed E-state index contributed by atoms with van der Waals surface area (Å²) in [5.41, 5.74) is 0. The van der Waals surface area contributed by atoms with E-state index in [4.69, 9.17) is 8.84 Å². The third-order valence-corrected chi connectivity index (χ3v) is 8.99. The van der Waals surface area contributed by atoms with Gasteiger partial charge in [-0.25, -0.2) is 0 Å². The zero-order chi connectivity index (χ0) is 16.4. The minimum Gasteiger partial charge on any atom is -0.467 e. The van der Waals surface area contributed by atoms with E-state index in [1.807, 2.05) is 0 Å².